The minimum Gasteiger partial charge on any atom is -0.493 e. The molecule has 0 aromatic heterocycles. The minimum absolute atomic E-state index is 0.0555. The lowest BCUT2D eigenvalue weighted by Gasteiger charge is -2.27. The molecule has 18 heavy (non-hydrogen) atoms. The van der Waals surface area contributed by atoms with Crippen molar-refractivity contribution in [1.82, 2.24) is 0 Å². The number of aliphatic hydroxyl groups is 1. The minimum atomic E-state index is -0.0555. The largest absolute Gasteiger partial charge is 0.493 e. The first-order chi connectivity index (χ1) is 8.85. The van der Waals surface area contributed by atoms with Crippen molar-refractivity contribution in [2.24, 2.45) is 0 Å². The van der Waals surface area contributed by atoms with E-state index in [1.807, 2.05) is 42.5 Å². The Morgan fingerprint density at radius 2 is 1.89 bits per heavy atom. The van der Waals surface area contributed by atoms with Gasteiger partial charge in [-0.15, -0.1) is 0 Å². The Hall–Kier alpha value is -2.00. The van der Waals surface area contributed by atoms with Gasteiger partial charge in [-0.3, -0.25) is 0 Å². The molecule has 2 aromatic rings. The molecule has 92 valence electrons. The summed E-state index contributed by atoms with van der Waals surface area (Å²) in [5.41, 5.74) is 1.98. The Kier molecular flexibility index (Phi) is 2.68. The fraction of sp³-hybridized carbons (Fsp3) is 0.200. The Balaban J connectivity index is 2.20. The number of hydrogen-bond acceptors (Lipinski definition) is 3. The molecule has 3 heteroatoms. The number of fused-ring (bicyclic) bond motifs is 2. The van der Waals surface area contributed by atoms with Gasteiger partial charge >= 0.3 is 0 Å². The molecular formula is C15H14O3. The average Bonchev–Trinajstić information content (AvgIpc) is 2.44. The van der Waals surface area contributed by atoms with E-state index in [9.17, 15) is 5.11 Å². The SMILES string of the molecule is COc1cccc2c1Oc1ccccc1C2CO. The van der Waals surface area contributed by atoms with Gasteiger partial charge in [0.15, 0.2) is 11.5 Å². The maximum Gasteiger partial charge on any atom is 0.173 e. The molecule has 1 aliphatic heterocycles. The first-order valence-electron chi connectivity index (χ1n) is 5.89. The van der Waals surface area contributed by atoms with Crippen molar-refractivity contribution in [1.29, 1.82) is 0 Å². The van der Waals surface area contributed by atoms with Crippen LogP contribution in [-0.2, 0) is 0 Å². The van der Waals surface area contributed by atoms with Crippen LogP contribution in [0.3, 0.4) is 0 Å². The molecule has 1 aliphatic rings. The molecule has 2 aromatic carbocycles. The van der Waals surface area contributed by atoms with Gasteiger partial charge in [0.05, 0.1) is 13.7 Å². The van der Waals surface area contributed by atoms with Gasteiger partial charge in [-0.05, 0) is 12.1 Å². The van der Waals surface area contributed by atoms with Crippen LogP contribution in [0.15, 0.2) is 42.5 Å². The predicted octanol–water partition coefficient (Wildman–Crippen LogP) is 2.93. The maximum absolute atomic E-state index is 9.65. The highest BCUT2D eigenvalue weighted by molar-refractivity contribution is 5.58. The van der Waals surface area contributed by atoms with Crippen LogP contribution in [-0.4, -0.2) is 18.8 Å². The second-order valence-electron chi connectivity index (χ2n) is 4.25. The van der Waals surface area contributed by atoms with Crippen molar-refractivity contribution in [3.05, 3.63) is 53.6 Å². The smallest absolute Gasteiger partial charge is 0.173 e. The van der Waals surface area contributed by atoms with E-state index < -0.39 is 0 Å². The third kappa shape index (κ3) is 1.56. The van der Waals surface area contributed by atoms with Crippen LogP contribution in [0.5, 0.6) is 17.2 Å². The number of rotatable bonds is 2. The molecule has 1 unspecified atom stereocenters. The zero-order valence-electron chi connectivity index (χ0n) is 10.1. The Morgan fingerprint density at radius 3 is 2.67 bits per heavy atom. The first kappa shape index (κ1) is 11.1. The topological polar surface area (TPSA) is 38.7 Å². The van der Waals surface area contributed by atoms with Gasteiger partial charge in [0, 0.05) is 17.0 Å². The van der Waals surface area contributed by atoms with E-state index in [0.29, 0.717) is 11.5 Å². The quantitative estimate of drug-likeness (QED) is 0.880. The van der Waals surface area contributed by atoms with Gasteiger partial charge in [0.25, 0.3) is 0 Å². The summed E-state index contributed by atoms with van der Waals surface area (Å²) in [6.45, 7) is 0.0561. The summed E-state index contributed by atoms with van der Waals surface area (Å²) in [4.78, 5) is 0. The summed E-state index contributed by atoms with van der Waals surface area (Å²) in [6, 6.07) is 13.5. The zero-order chi connectivity index (χ0) is 12.5. The van der Waals surface area contributed by atoms with Crippen LogP contribution in [0.1, 0.15) is 17.0 Å². The molecule has 0 fully saturated rings. The number of hydrogen-bond donors (Lipinski definition) is 1. The van der Waals surface area contributed by atoms with Gasteiger partial charge in [0.1, 0.15) is 5.75 Å². The van der Waals surface area contributed by atoms with Gasteiger partial charge in [-0.1, -0.05) is 30.3 Å². The lowest BCUT2D eigenvalue weighted by molar-refractivity contribution is 0.269. The molecule has 1 heterocycles. The average molecular weight is 242 g/mol. The van der Waals surface area contributed by atoms with Crippen LogP contribution in [0.25, 0.3) is 0 Å². The normalized spacial score (nSPS) is 16.4. The van der Waals surface area contributed by atoms with Crippen LogP contribution >= 0.6 is 0 Å². The van der Waals surface area contributed by atoms with Gasteiger partial charge in [-0.2, -0.15) is 0 Å². The molecule has 0 spiro atoms. The van der Waals surface area contributed by atoms with E-state index in [4.69, 9.17) is 9.47 Å². The zero-order valence-corrected chi connectivity index (χ0v) is 10.1. The van der Waals surface area contributed by atoms with Gasteiger partial charge in [-0.25, -0.2) is 0 Å². The van der Waals surface area contributed by atoms with Crippen LogP contribution < -0.4 is 9.47 Å². The van der Waals surface area contributed by atoms with Crippen LogP contribution in [0, 0.1) is 0 Å². The monoisotopic (exact) mass is 242 g/mol. The molecule has 0 aliphatic carbocycles. The number of methoxy groups -OCH3 is 1. The molecule has 0 radical (unpaired) electrons. The fourth-order valence-corrected chi connectivity index (χ4v) is 2.41. The molecule has 0 saturated carbocycles. The summed E-state index contributed by atoms with van der Waals surface area (Å²) in [5.74, 6) is 2.13. The van der Waals surface area contributed by atoms with Crippen molar-refractivity contribution < 1.29 is 14.6 Å². The standard InChI is InChI=1S/C15H14O3/c1-17-14-8-4-6-11-12(9-16)10-5-2-3-7-13(10)18-15(11)14/h2-8,12,16H,9H2,1H3. The summed E-state index contributed by atoms with van der Waals surface area (Å²) in [7, 11) is 1.62. The molecule has 3 rings (SSSR count). The predicted molar refractivity (Wildman–Crippen MR) is 68.4 cm³/mol. The molecule has 3 nitrogen and oxygen atoms in total. The lowest BCUT2D eigenvalue weighted by Crippen LogP contribution is -2.13. The number of benzene rings is 2. The first-order valence-corrected chi connectivity index (χ1v) is 5.89. The van der Waals surface area contributed by atoms with Gasteiger partial charge in [0.2, 0.25) is 0 Å². The number of aliphatic hydroxyl groups excluding tert-OH is 1. The molecule has 0 amide bonds. The Morgan fingerprint density at radius 1 is 1.11 bits per heavy atom. The Labute approximate surface area is 106 Å². The maximum atomic E-state index is 9.65. The van der Waals surface area contributed by atoms with Crippen molar-refractivity contribution in [3.8, 4) is 17.2 Å². The molecule has 1 atom stereocenters. The molecule has 1 N–H and O–H groups in total. The number of para-hydroxylation sites is 2. The van der Waals surface area contributed by atoms with Crippen molar-refractivity contribution >= 4 is 0 Å². The van der Waals surface area contributed by atoms with Gasteiger partial charge < -0.3 is 14.6 Å². The van der Waals surface area contributed by atoms with E-state index >= 15 is 0 Å². The molecular weight excluding hydrogens is 228 g/mol. The van der Waals surface area contributed by atoms with Crippen molar-refractivity contribution in [2.75, 3.05) is 13.7 Å². The van der Waals surface area contributed by atoms with E-state index in [-0.39, 0.29) is 12.5 Å². The lowest BCUT2D eigenvalue weighted by atomic mass is 9.88. The molecule has 0 bridgehead atoms. The van der Waals surface area contributed by atoms with Crippen LogP contribution in [0.4, 0.5) is 0 Å². The number of ether oxygens (including phenoxy) is 2. The highest BCUT2D eigenvalue weighted by atomic mass is 16.5. The summed E-state index contributed by atoms with van der Waals surface area (Å²) < 4.78 is 11.2. The fourth-order valence-electron chi connectivity index (χ4n) is 2.41. The Bertz CT molecular complexity index is 578. The van der Waals surface area contributed by atoms with Crippen molar-refractivity contribution in [3.63, 3.8) is 0 Å². The summed E-state index contributed by atoms with van der Waals surface area (Å²) >= 11 is 0. The van der Waals surface area contributed by atoms with E-state index in [0.717, 1.165) is 16.9 Å². The second-order valence-corrected chi connectivity index (χ2v) is 4.25. The van der Waals surface area contributed by atoms with Crippen molar-refractivity contribution in [2.45, 2.75) is 5.92 Å². The van der Waals surface area contributed by atoms with E-state index in [2.05, 4.69) is 0 Å². The third-order valence-corrected chi connectivity index (χ3v) is 3.29. The highest BCUT2D eigenvalue weighted by Gasteiger charge is 2.28. The summed E-state index contributed by atoms with van der Waals surface area (Å²) in [5, 5.41) is 9.65. The molecule has 0 saturated heterocycles. The highest BCUT2D eigenvalue weighted by Crippen LogP contribution is 2.47. The summed E-state index contributed by atoms with van der Waals surface area (Å²) in [6.07, 6.45) is 0. The van der Waals surface area contributed by atoms with E-state index in [1.54, 1.807) is 7.11 Å². The second kappa shape index (κ2) is 4.35. The van der Waals surface area contributed by atoms with E-state index in [1.165, 1.54) is 0 Å². The third-order valence-electron chi connectivity index (χ3n) is 3.29. The van der Waals surface area contributed by atoms with Crippen LogP contribution in [0.2, 0.25) is 0 Å².